The van der Waals surface area contributed by atoms with Gasteiger partial charge in [0.1, 0.15) is 24.4 Å². The van der Waals surface area contributed by atoms with Crippen LogP contribution < -0.4 is 0 Å². The zero-order valence-electron chi connectivity index (χ0n) is 10.2. The van der Waals surface area contributed by atoms with Gasteiger partial charge < -0.3 is 25.2 Å². The van der Waals surface area contributed by atoms with Crippen molar-refractivity contribution in [2.24, 2.45) is 0 Å². The molecule has 1 aromatic carbocycles. The molecule has 0 amide bonds. The molecule has 6 heteroatoms. The molecule has 4 N–H and O–H groups in total. The lowest BCUT2D eigenvalue weighted by Gasteiger charge is -2.40. The maximum absolute atomic E-state index is 9.91. The Morgan fingerprint density at radius 3 is 2.11 bits per heavy atom. The van der Waals surface area contributed by atoms with Crippen LogP contribution in [0.15, 0.2) is 28.7 Å². The van der Waals surface area contributed by atoms with Crippen molar-refractivity contribution in [2.75, 3.05) is 6.61 Å². The first-order chi connectivity index (χ1) is 9.02. The number of ether oxygens (including phenoxy) is 1. The van der Waals surface area contributed by atoms with Crippen molar-refractivity contribution in [3.63, 3.8) is 0 Å². The molecule has 106 valence electrons. The van der Waals surface area contributed by atoms with Gasteiger partial charge in [-0.25, -0.2) is 0 Å². The molecule has 0 aliphatic carbocycles. The van der Waals surface area contributed by atoms with Crippen molar-refractivity contribution in [3.8, 4) is 0 Å². The number of rotatable bonds is 3. The van der Waals surface area contributed by atoms with Crippen LogP contribution in [0, 0.1) is 0 Å². The summed E-state index contributed by atoms with van der Waals surface area (Å²) in [5.41, 5.74) is 0.938. The highest BCUT2D eigenvalue weighted by molar-refractivity contribution is 9.10. The molecule has 5 atom stereocenters. The SMILES string of the molecule is OC[C@H]1O[C@@H](Cc2ccc(Br)cc2)[C@H](O)[C@@H](O)[C@@H]1O. The fourth-order valence-corrected chi connectivity index (χ4v) is 2.46. The minimum absolute atomic E-state index is 0.398. The molecule has 1 aliphatic rings. The van der Waals surface area contributed by atoms with Crippen molar-refractivity contribution in [3.05, 3.63) is 34.3 Å². The summed E-state index contributed by atoms with van der Waals surface area (Å²) in [7, 11) is 0. The molecule has 1 aromatic rings. The molecule has 0 saturated carbocycles. The molecule has 2 rings (SSSR count). The van der Waals surface area contributed by atoms with E-state index in [-0.39, 0.29) is 0 Å². The first-order valence-electron chi connectivity index (χ1n) is 6.08. The third kappa shape index (κ3) is 3.34. The van der Waals surface area contributed by atoms with Gasteiger partial charge in [-0.05, 0) is 17.7 Å². The smallest absolute Gasteiger partial charge is 0.111 e. The number of hydrogen-bond donors (Lipinski definition) is 4. The highest BCUT2D eigenvalue weighted by Gasteiger charge is 2.43. The van der Waals surface area contributed by atoms with E-state index in [0.717, 1.165) is 10.0 Å². The van der Waals surface area contributed by atoms with E-state index in [2.05, 4.69) is 15.9 Å². The normalized spacial score (nSPS) is 35.3. The summed E-state index contributed by atoms with van der Waals surface area (Å²) in [4.78, 5) is 0. The van der Waals surface area contributed by atoms with Gasteiger partial charge in [0.2, 0.25) is 0 Å². The van der Waals surface area contributed by atoms with Gasteiger partial charge in [0.25, 0.3) is 0 Å². The Bertz CT molecular complexity index is 408. The van der Waals surface area contributed by atoms with Crippen LogP contribution in [0.5, 0.6) is 0 Å². The molecule has 5 nitrogen and oxygen atoms in total. The predicted octanol–water partition coefficient (Wildman–Crippen LogP) is -0.166. The van der Waals surface area contributed by atoms with E-state index in [1.807, 2.05) is 24.3 Å². The lowest BCUT2D eigenvalue weighted by molar-refractivity contribution is -0.228. The van der Waals surface area contributed by atoms with Crippen molar-refractivity contribution in [1.82, 2.24) is 0 Å². The van der Waals surface area contributed by atoms with Crippen LogP contribution in [0.3, 0.4) is 0 Å². The standard InChI is InChI=1S/C13H17BrO5/c14-8-3-1-7(2-4-8)5-9-11(16)13(18)12(17)10(6-15)19-9/h1-4,9-13,15-18H,5-6H2/t9-,10+,11-,12+,13+/m0/s1. The number of aliphatic hydroxyl groups is 4. The quantitative estimate of drug-likeness (QED) is 0.617. The average molecular weight is 333 g/mol. The summed E-state index contributed by atoms with van der Waals surface area (Å²) in [6, 6.07) is 7.51. The minimum atomic E-state index is -1.31. The minimum Gasteiger partial charge on any atom is -0.394 e. The highest BCUT2D eigenvalue weighted by atomic mass is 79.9. The van der Waals surface area contributed by atoms with Crippen LogP contribution in [0.25, 0.3) is 0 Å². The van der Waals surface area contributed by atoms with Gasteiger partial charge in [0.15, 0.2) is 0 Å². The second kappa shape index (κ2) is 6.30. The van der Waals surface area contributed by atoms with E-state index in [4.69, 9.17) is 9.84 Å². The highest BCUT2D eigenvalue weighted by Crippen LogP contribution is 2.24. The maximum atomic E-state index is 9.91. The van der Waals surface area contributed by atoms with Crippen LogP contribution >= 0.6 is 15.9 Å². The van der Waals surface area contributed by atoms with Crippen LogP contribution in [-0.4, -0.2) is 57.6 Å². The van der Waals surface area contributed by atoms with E-state index in [9.17, 15) is 15.3 Å². The Morgan fingerprint density at radius 1 is 0.947 bits per heavy atom. The molecule has 1 aliphatic heterocycles. The Hall–Kier alpha value is -0.500. The monoisotopic (exact) mass is 332 g/mol. The predicted molar refractivity (Wildman–Crippen MR) is 71.6 cm³/mol. The number of benzene rings is 1. The lowest BCUT2D eigenvalue weighted by atomic mass is 9.92. The molecule has 0 aromatic heterocycles. The van der Waals surface area contributed by atoms with Crippen LogP contribution in [0.4, 0.5) is 0 Å². The molecular weight excluding hydrogens is 316 g/mol. The van der Waals surface area contributed by atoms with E-state index in [0.29, 0.717) is 6.42 Å². The lowest BCUT2D eigenvalue weighted by Crippen LogP contribution is -2.58. The Balaban J connectivity index is 2.08. The molecular formula is C13H17BrO5. The first-order valence-corrected chi connectivity index (χ1v) is 6.87. The van der Waals surface area contributed by atoms with Crippen LogP contribution in [-0.2, 0) is 11.2 Å². The summed E-state index contributed by atoms with van der Waals surface area (Å²) < 4.78 is 6.39. The Morgan fingerprint density at radius 2 is 1.53 bits per heavy atom. The van der Waals surface area contributed by atoms with Gasteiger partial charge in [-0.3, -0.25) is 0 Å². The zero-order chi connectivity index (χ0) is 14.0. The maximum Gasteiger partial charge on any atom is 0.111 e. The first kappa shape index (κ1) is 14.9. The fourth-order valence-electron chi connectivity index (χ4n) is 2.20. The van der Waals surface area contributed by atoms with Crippen LogP contribution in [0.2, 0.25) is 0 Å². The van der Waals surface area contributed by atoms with Gasteiger partial charge in [0.05, 0.1) is 12.7 Å². The molecule has 1 heterocycles. The molecule has 0 spiro atoms. The third-order valence-electron chi connectivity index (χ3n) is 3.34. The summed E-state index contributed by atoms with van der Waals surface area (Å²) >= 11 is 3.33. The summed E-state index contributed by atoms with van der Waals surface area (Å²) in [5.74, 6) is 0. The molecule has 0 unspecified atom stereocenters. The number of hydrogen-bond acceptors (Lipinski definition) is 5. The Kier molecular flexibility index (Phi) is 4.94. The molecule has 1 saturated heterocycles. The molecule has 19 heavy (non-hydrogen) atoms. The summed E-state index contributed by atoms with van der Waals surface area (Å²) in [6.45, 7) is -0.401. The van der Waals surface area contributed by atoms with Crippen molar-refractivity contribution in [2.45, 2.75) is 36.9 Å². The van der Waals surface area contributed by atoms with Gasteiger partial charge >= 0.3 is 0 Å². The molecule has 0 radical (unpaired) electrons. The Labute approximate surface area is 119 Å². The third-order valence-corrected chi connectivity index (χ3v) is 3.87. The molecule has 1 fully saturated rings. The topological polar surface area (TPSA) is 90.2 Å². The van der Waals surface area contributed by atoms with Crippen molar-refractivity contribution >= 4 is 15.9 Å². The van der Waals surface area contributed by atoms with E-state index < -0.39 is 37.1 Å². The van der Waals surface area contributed by atoms with Gasteiger partial charge in [-0.15, -0.1) is 0 Å². The fraction of sp³-hybridized carbons (Fsp3) is 0.538. The van der Waals surface area contributed by atoms with Crippen LogP contribution in [0.1, 0.15) is 5.56 Å². The summed E-state index contributed by atoms with van der Waals surface area (Å²) in [6.07, 6.45) is -4.90. The van der Waals surface area contributed by atoms with Gasteiger partial charge in [-0.2, -0.15) is 0 Å². The van der Waals surface area contributed by atoms with E-state index in [1.54, 1.807) is 0 Å². The number of halogens is 1. The van der Waals surface area contributed by atoms with Crippen molar-refractivity contribution in [1.29, 1.82) is 0 Å². The van der Waals surface area contributed by atoms with Gasteiger partial charge in [-0.1, -0.05) is 28.1 Å². The zero-order valence-corrected chi connectivity index (χ0v) is 11.8. The van der Waals surface area contributed by atoms with Gasteiger partial charge in [0, 0.05) is 10.9 Å². The summed E-state index contributed by atoms with van der Waals surface area (Å²) in [5, 5.41) is 38.4. The second-order valence-electron chi connectivity index (χ2n) is 4.70. The number of aliphatic hydroxyl groups excluding tert-OH is 4. The largest absolute Gasteiger partial charge is 0.394 e. The van der Waals surface area contributed by atoms with Crippen molar-refractivity contribution < 1.29 is 25.2 Å². The average Bonchev–Trinajstić information content (AvgIpc) is 2.42. The second-order valence-corrected chi connectivity index (χ2v) is 5.61. The molecule has 0 bridgehead atoms. The van der Waals surface area contributed by atoms with E-state index >= 15 is 0 Å². The van der Waals surface area contributed by atoms with E-state index in [1.165, 1.54) is 0 Å².